The molecule has 7 heteroatoms. The van der Waals surface area contributed by atoms with Crippen LogP contribution < -0.4 is 19.5 Å². The Morgan fingerprint density at radius 2 is 1.71 bits per heavy atom. The van der Waals surface area contributed by atoms with Crippen LogP contribution in [0, 0.1) is 5.92 Å². The van der Waals surface area contributed by atoms with Gasteiger partial charge in [-0.25, -0.2) is 0 Å². The molecule has 1 N–H and O–H groups in total. The summed E-state index contributed by atoms with van der Waals surface area (Å²) in [5, 5.41) is 3.24. The molecule has 0 spiro atoms. The number of Topliss-reactive ketones (excluding diaryl/α,β-unsaturated/α-hetero) is 1. The summed E-state index contributed by atoms with van der Waals surface area (Å²) >= 11 is 0. The Morgan fingerprint density at radius 3 is 2.34 bits per heavy atom. The Bertz CT molecular complexity index is 1130. The van der Waals surface area contributed by atoms with E-state index >= 15 is 0 Å². The molecule has 4 rings (SSSR count). The summed E-state index contributed by atoms with van der Waals surface area (Å²) < 4.78 is 22.3. The van der Waals surface area contributed by atoms with Gasteiger partial charge in [0.15, 0.2) is 17.3 Å². The van der Waals surface area contributed by atoms with Crippen molar-refractivity contribution in [1.82, 2.24) is 5.32 Å². The third-order valence-electron chi connectivity index (χ3n) is 6.57. The van der Waals surface area contributed by atoms with Crippen LogP contribution in [0.3, 0.4) is 0 Å². The van der Waals surface area contributed by atoms with E-state index in [4.69, 9.17) is 18.9 Å². The molecule has 0 saturated carbocycles. The zero-order valence-electron chi connectivity index (χ0n) is 20.4. The van der Waals surface area contributed by atoms with Crippen molar-refractivity contribution in [3.8, 4) is 17.2 Å². The summed E-state index contributed by atoms with van der Waals surface area (Å²) in [4.78, 5) is 26.6. The van der Waals surface area contributed by atoms with Crippen LogP contribution in [-0.2, 0) is 20.7 Å². The largest absolute Gasteiger partial charge is 0.493 e. The Labute approximate surface area is 205 Å². The number of methoxy groups -OCH3 is 3. The first-order valence-corrected chi connectivity index (χ1v) is 11.7. The average molecular weight is 478 g/mol. The Balaban J connectivity index is 1.72. The van der Waals surface area contributed by atoms with Gasteiger partial charge in [0.25, 0.3) is 0 Å². The van der Waals surface area contributed by atoms with Crippen molar-refractivity contribution in [2.24, 2.45) is 5.92 Å². The molecule has 2 aromatic rings. The highest BCUT2D eigenvalue weighted by molar-refractivity contribution is 6.00. The molecule has 0 saturated heterocycles. The van der Waals surface area contributed by atoms with Crippen LogP contribution in [0.2, 0.25) is 0 Å². The van der Waals surface area contributed by atoms with Gasteiger partial charge in [0.2, 0.25) is 5.75 Å². The number of ether oxygens (including phenoxy) is 4. The highest BCUT2D eigenvalue weighted by atomic mass is 16.5. The molecule has 7 nitrogen and oxygen atoms in total. The lowest BCUT2D eigenvalue weighted by atomic mass is 9.71. The predicted octanol–water partition coefficient (Wildman–Crippen LogP) is 4.32. The van der Waals surface area contributed by atoms with Crippen LogP contribution in [0.4, 0.5) is 0 Å². The molecule has 0 aromatic heterocycles. The fraction of sp³-hybridized carbons (Fsp3) is 0.357. The van der Waals surface area contributed by atoms with Crippen LogP contribution in [0.15, 0.2) is 66.0 Å². The summed E-state index contributed by atoms with van der Waals surface area (Å²) in [6, 6.07) is 13.4. The van der Waals surface area contributed by atoms with Gasteiger partial charge in [0.05, 0.1) is 27.9 Å². The van der Waals surface area contributed by atoms with E-state index in [9.17, 15) is 9.59 Å². The average Bonchev–Trinajstić information content (AvgIpc) is 2.87. The van der Waals surface area contributed by atoms with Crippen molar-refractivity contribution in [3.63, 3.8) is 0 Å². The van der Waals surface area contributed by atoms with Gasteiger partial charge in [0, 0.05) is 35.7 Å². The molecular formula is C28H31NO6. The summed E-state index contributed by atoms with van der Waals surface area (Å²) in [6.07, 6.45) is 2.51. The second kappa shape index (κ2) is 10.7. The minimum atomic E-state index is -0.783. The van der Waals surface area contributed by atoms with E-state index < -0.39 is 17.8 Å². The molecule has 1 heterocycles. The fourth-order valence-corrected chi connectivity index (χ4v) is 4.92. The number of esters is 1. The van der Waals surface area contributed by atoms with Gasteiger partial charge in [-0.15, -0.1) is 0 Å². The van der Waals surface area contributed by atoms with Crippen LogP contribution in [0.5, 0.6) is 17.2 Å². The van der Waals surface area contributed by atoms with E-state index in [0.29, 0.717) is 46.9 Å². The number of allylic oxidation sites excluding steroid dienone is 2. The number of rotatable bonds is 8. The summed E-state index contributed by atoms with van der Waals surface area (Å²) in [6.45, 7) is 4.38. The normalized spacial score (nSPS) is 19.5. The predicted molar refractivity (Wildman–Crippen MR) is 132 cm³/mol. The van der Waals surface area contributed by atoms with Gasteiger partial charge in [-0.3, -0.25) is 9.59 Å². The van der Waals surface area contributed by atoms with Gasteiger partial charge in [-0.2, -0.15) is 0 Å². The quantitative estimate of drug-likeness (QED) is 0.567. The van der Waals surface area contributed by atoms with E-state index in [1.165, 1.54) is 21.3 Å². The maximum atomic E-state index is 13.5. The van der Waals surface area contributed by atoms with E-state index in [1.54, 1.807) is 12.1 Å². The first-order chi connectivity index (χ1) is 17.0. The van der Waals surface area contributed by atoms with Crippen LogP contribution in [0.25, 0.3) is 0 Å². The zero-order valence-corrected chi connectivity index (χ0v) is 20.4. The minimum Gasteiger partial charge on any atom is -0.493 e. The second-order valence-corrected chi connectivity index (χ2v) is 8.64. The third kappa shape index (κ3) is 4.90. The zero-order chi connectivity index (χ0) is 24.9. The summed E-state index contributed by atoms with van der Waals surface area (Å²) in [7, 11) is 4.60. The third-order valence-corrected chi connectivity index (χ3v) is 6.57. The SMILES string of the molecule is C=C1NC2=C(C(=O)CCC2)C(c2cc(OC)c(OC)c(OC)c2)C1C(=O)OCCc1ccccc1. The number of nitrogens with one attached hydrogen (secondary N) is 1. The van der Waals surface area contributed by atoms with Crippen LogP contribution >= 0.6 is 0 Å². The Kier molecular flexibility index (Phi) is 7.44. The smallest absolute Gasteiger partial charge is 0.315 e. The van der Waals surface area contributed by atoms with E-state index in [2.05, 4.69) is 11.9 Å². The van der Waals surface area contributed by atoms with Gasteiger partial charge in [-0.1, -0.05) is 36.9 Å². The molecule has 2 atom stereocenters. The molecule has 0 amide bonds. The molecule has 0 radical (unpaired) electrons. The van der Waals surface area contributed by atoms with Crippen LogP contribution in [0.1, 0.15) is 36.3 Å². The van der Waals surface area contributed by atoms with Crippen molar-refractivity contribution in [1.29, 1.82) is 0 Å². The highest BCUT2D eigenvalue weighted by Crippen LogP contribution is 2.48. The second-order valence-electron chi connectivity index (χ2n) is 8.64. The lowest BCUT2D eigenvalue weighted by Crippen LogP contribution is -2.41. The van der Waals surface area contributed by atoms with Crippen LogP contribution in [-0.4, -0.2) is 39.7 Å². The Morgan fingerprint density at radius 1 is 1.03 bits per heavy atom. The maximum Gasteiger partial charge on any atom is 0.315 e. The van der Waals surface area contributed by atoms with Gasteiger partial charge >= 0.3 is 5.97 Å². The number of ketones is 1. The molecule has 2 aromatic carbocycles. The standard InChI is InChI=1S/C28H31NO6/c1-17-24(28(31)35-14-13-18-9-6-5-7-10-18)25(26-20(29-17)11-8-12-21(26)30)19-15-22(32-2)27(34-4)23(16-19)33-3/h5-7,9-10,15-16,24-25,29H,1,8,11-14H2,2-4H3. The van der Waals surface area contributed by atoms with E-state index in [0.717, 1.165) is 24.1 Å². The number of carbonyl (C=O) groups excluding carboxylic acids is 2. The summed E-state index contributed by atoms with van der Waals surface area (Å²) in [5.41, 5.74) is 3.72. The monoisotopic (exact) mass is 477 g/mol. The Hall–Kier alpha value is -3.74. The first kappa shape index (κ1) is 24.4. The van der Waals surface area contributed by atoms with Crippen molar-refractivity contribution in [3.05, 3.63) is 77.1 Å². The molecule has 184 valence electrons. The minimum absolute atomic E-state index is 0.0205. The van der Waals surface area contributed by atoms with E-state index in [1.807, 2.05) is 30.3 Å². The van der Waals surface area contributed by atoms with Gasteiger partial charge in [0.1, 0.15) is 5.92 Å². The van der Waals surface area contributed by atoms with Crippen molar-refractivity contribution in [2.75, 3.05) is 27.9 Å². The number of hydrogen-bond donors (Lipinski definition) is 1. The first-order valence-electron chi connectivity index (χ1n) is 11.7. The fourth-order valence-electron chi connectivity index (χ4n) is 4.92. The topological polar surface area (TPSA) is 83.1 Å². The maximum absolute atomic E-state index is 13.5. The molecule has 35 heavy (non-hydrogen) atoms. The number of benzene rings is 2. The summed E-state index contributed by atoms with van der Waals surface area (Å²) in [5.74, 6) is -0.425. The van der Waals surface area contributed by atoms with E-state index in [-0.39, 0.29) is 12.4 Å². The molecule has 1 aliphatic carbocycles. The van der Waals surface area contributed by atoms with Gasteiger partial charge < -0.3 is 24.3 Å². The molecular weight excluding hydrogens is 446 g/mol. The molecule has 0 bridgehead atoms. The lowest BCUT2D eigenvalue weighted by Gasteiger charge is -2.38. The number of hydrogen-bond acceptors (Lipinski definition) is 7. The molecule has 2 unspecified atom stereocenters. The van der Waals surface area contributed by atoms with Crippen molar-refractivity contribution < 1.29 is 28.5 Å². The molecule has 1 aliphatic heterocycles. The van der Waals surface area contributed by atoms with Crippen molar-refractivity contribution >= 4 is 11.8 Å². The van der Waals surface area contributed by atoms with Gasteiger partial charge in [-0.05, 0) is 36.1 Å². The highest BCUT2D eigenvalue weighted by Gasteiger charge is 2.44. The lowest BCUT2D eigenvalue weighted by molar-refractivity contribution is -0.147. The molecule has 0 fully saturated rings. The number of carbonyl (C=O) groups is 2. The molecule has 2 aliphatic rings. The van der Waals surface area contributed by atoms with Crippen molar-refractivity contribution in [2.45, 2.75) is 31.6 Å².